The molecule has 1 heterocycles. The van der Waals surface area contributed by atoms with Crippen molar-refractivity contribution in [2.75, 3.05) is 24.8 Å². The van der Waals surface area contributed by atoms with E-state index in [1.54, 1.807) is 53.1 Å². The third-order valence-electron chi connectivity index (χ3n) is 4.74. The maximum Gasteiger partial charge on any atom is 0.251 e. The molecule has 0 bridgehead atoms. The minimum absolute atomic E-state index is 0.0140. The number of hydrogen-bond donors (Lipinski definition) is 3. The number of aromatic nitrogens is 3. The lowest BCUT2D eigenvalue weighted by Gasteiger charge is -2.17. The first kappa shape index (κ1) is 26.6. The van der Waals surface area contributed by atoms with Crippen LogP contribution in [-0.4, -0.2) is 51.2 Å². The number of aliphatic hydroxyl groups is 1. The second-order valence-electron chi connectivity index (χ2n) is 7.14. The Balaban J connectivity index is 1.71. The third kappa shape index (κ3) is 6.98. The molecule has 184 valence electrons. The SMILES string of the molecule is C=CCn1c(SCC(=O)Nc2cc(Cl)ccc2Cl)nnc1[C@H](CO)NC(=O)c1ccc(OC)cc1. The molecule has 9 nitrogen and oxygen atoms in total. The van der Waals surface area contributed by atoms with Crippen LogP contribution < -0.4 is 15.4 Å². The Morgan fingerprint density at radius 3 is 2.63 bits per heavy atom. The lowest BCUT2D eigenvalue weighted by molar-refractivity contribution is -0.113. The van der Waals surface area contributed by atoms with E-state index >= 15 is 0 Å². The second kappa shape index (κ2) is 12.6. The van der Waals surface area contributed by atoms with Crippen molar-refractivity contribution in [3.63, 3.8) is 0 Å². The van der Waals surface area contributed by atoms with Crippen molar-refractivity contribution in [3.05, 3.63) is 76.6 Å². The van der Waals surface area contributed by atoms with Crippen LogP contribution in [0.3, 0.4) is 0 Å². The van der Waals surface area contributed by atoms with Crippen LogP contribution in [0, 0.1) is 0 Å². The highest BCUT2D eigenvalue weighted by molar-refractivity contribution is 7.99. The van der Waals surface area contributed by atoms with Gasteiger partial charge in [-0.25, -0.2) is 0 Å². The third-order valence-corrected chi connectivity index (χ3v) is 6.28. The van der Waals surface area contributed by atoms with E-state index in [1.165, 1.54) is 7.11 Å². The molecule has 0 spiro atoms. The van der Waals surface area contributed by atoms with E-state index in [0.29, 0.717) is 44.6 Å². The summed E-state index contributed by atoms with van der Waals surface area (Å²) in [5.74, 6) is 0.247. The zero-order valence-electron chi connectivity index (χ0n) is 18.7. The van der Waals surface area contributed by atoms with Crippen LogP contribution in [0.4, 0.5) is 5.69 Å². The van der Waals surface area contributed by atoms with Crippen LogP contribution in [0.15, 0.2) is 60.3 Å². The Kier molecular flexibility index (Phi) is 9.55. The van der Waals surface area contributed by atoms with E-state index in [9.17, 15) is 14.7 Å². The van der Waals surface area contributed by atoms with Gasteiger partial charge in [0.25, 0.3) is 5.91 Å². The maximum absolute atomic E-state index is 12.7. The summed E-state index contributed by atoms with van der Waals surface area (Å²) in [7, 11) is 1.54. The van der Waals surface area contributed by atoms with Gasteiger partial charge in [0.05, 0.1) is 30.2 Å². The summed E-state index contributed by atoms with van der Waals surface area (Å²) in [6.07, 6.45) is 1.63. The zero-order valence-corrected chi connectivity index (χ0v) is 21.0. The van der Waals surface area contributed by atoms with Crippen molar-refractivity contribution in [2.45, 2.75) is 17.7 Å². The summed E-state index contributed by atoms with van der Waals surface area (Å²) in [5, 5.41) is 24.9. The van der Waals surface area contributed by atoms with Crippen molar-refractivity contribution in [3.8, 4) is 5.75 Å². The number of methoxy groups -OCH3 is 1. The number of rotatable bonds is 11. The van der Waals surface area contributed by atoms with Gasteiger partial charge in [-0.15, -0.1) is 16.8 Å². The van der Waals surface area contributed by atoms with Crippen molar-refractivity contribution in [1.29, 1.82) is 0 Å². The van der Waals surface area contributed by atoms with Gasteiger partial charge in [-0.1, -0.05) is 41.0 Å². The number of hydrogen-bond acceptors (Lipinski definition) is 7. The average Bonchev–Trinajstić information content (AvgIpc) is 3.26. The number of carbonyl (C=O) groups excluding carboxylic acids is 2. The lowest BCUT2D eigenvalue weighted by atomic mass is 10.2. The van der Waals surface area contributed by atoms with Crippen LogP contribution in [0.5, 0.6) is 5.75 Å². The Labute approximate surface area is 216 Å². The number of ether oxygens (including phenoxy) is 1. The summed E-state index contributed by atoms with van der Waals surface area (Å²) in [6, 6.07) is 10.5. The fraction of sp³-hybridized carbons (Fsp3) is 0.217. The topological polar surface area (TPSA) is 118 Å². The van der Waals surface area contributed by atoms with Gasteiger partial charge in [-0.2, -0.15) is 0 Å². The fourth-order valence-electron chi connectivity index (χ4n) is 3.05. The number of aliphatic hydroxyl groups excluding tert-OH is 1. The van der Waals surface area contributed by atoms with E-state index in [4.69, 9.17) is 27.9 Å². The molecule has 0 fully saturated rings. The Bertz CT molecular complexity index is 1200. The number of carbonyl (C=O) groups is 2. The molecular weight excluding hydrogens is 513 g/mol. The standard InChI is InChI=1S/C23H23Cl2N5O4S/c1-3-10-30-21(19(12-31)27-22(33)14-4-7-16(34-2)8-5-14)28-29-23(30)35-13-20(32)26-18-11-15(24)6-9-17(18)25/h3-9,11,19,31H,1,10,12-13H2,2H3,(H,26,32)(H,27,33)/t19-/m0/s1. The highest BCUT2D eigenvalue weighted by Gasteiger charge is 2.23. The predicted molar refractivity (Wildman–Crippen MR) is 136 cm³/mol. The number of amides is 2. The largest absolute Gasteiger partial charge is 0.497 e. The molecule has 1 aromatic heterocycles. The first-order valence-electron chi connectivity index (χ1n) is 10.3. The number of anilines is 1. The molecule has 0 unspecified atom stereocenters. The molecule has 0 aliphatic rings. The van der Waals surface area contributed by atoms with Gasteiger partial charge < -0.3 is 25.0 Å². The summed E-state index contributed by atoms with van der Waals surface area (Å²) in [5.41, 5.74) is 0.796. The zero-order chi connectivity index (χ0) is 25.4. The van der Waals surface area contributed by atoms with Crippen LogP contribution in [0.25, 0.3) is 0 Å². The molecule has 0 saturated carbocycles. The van der Waals surface area contributed by atoms with Gasteiger partial charge in [0.2, 0.25) is 5.91 Å². The minimum Gasteiger partial charge on any atom is -0.497 e. The molecule has 0 radical (unpaired) electrons. The van der Waals surface area contributed by atoms with Crippen molar-refractivity contribution in [2.24, 2.45) is 0 Å². The second-order valence-corrected chi connectivity index (χ2v) is 8.92. The van der Waals surface area contributed by atoms with Crippen molar-refractivity contribution < 1.29 is 19.4 Å². The Morgan fingerprint density at radius 2 is 1.97 bits per heavy atom. The maximum atomic E-state index is 12.7. The van der Waals surface area contributed by atoms with Crippen LogP contribution in [0.1, 0.15) is 22.2 Å². The van der Waals surface area contributed by atoms with Gasteiger partial charge >= 0.3 is 0 Å². The number of halogens is 2. The highest BCUT2D eigenvalue weighted by Crippen LogP contribution is 2.26. The fourth-order valence-corrected chi connectivity index (χ4v) is 4.14. The molecule has 35 heavy (non-hydrogen) atoms. The van der Waals surface area contributed by atoms with Crippen molar-refractivity contribution >= 4 is 52.5 Å². The lowest BCUT2D eigenvalue weighted by Crippen LogP contribution is -2.33. The molecule has 1 atom stereocenters. The van der Waals surface area contributed by atoms with E-state index < -0.39 is 18.6 Å². The smallest absolute Gasteiger partial charge is 0.251 e. The average molecular weight is 536 g/mol. The molecule has 3 N–H and O–H groups in total. The van der Waals surface area contributed by atoms with E-state index in [2.05, 4.69) is 27.4 Å². The molecule has 0 aliphatic carbocycles. The number of thioether (sulfide) groups is 1. The quantitative estimate of drug-likeness (QED) is 0.251. The molecule has 2 aromatic carbocycles. The summed E-state index contributed by atoms with van der Waals surface area (Å²) >= 11 is 13.2. The van der Waals surface area contributed by atoms with Crippen LogP contribution in [-0.2, 0) is 11.3 Å². The van der Waals surface area contributed by atoms with Crippen LogP contribution in [0.2, 0.25) is 10.0 Å². The molecular formula is C23H23Cl2N5O4S. The molecule has 2 amide bonds. The van der Waals surface area contributed by atoms with Gasteiger partial charge in [-0.3, -0.25) is 9.59 Å². The number of nitrogens with zero attached hydrogens (tertiary/aromatic N) is 3. The summed E-state index contributed by atoms with van der Waals surface area (Å²) in [6.45, 7) is 3.64. The van der Waals surface area contributed by atoms with E-state index in [0.717, 1.165) is 11.8 Å². The number of nitrogens with one attached hydrogen (secondary N) is 2. The van der Waals surface area contributed by atoms with Gasteiger partial charge in [-0.05, 0) is 42.5 Å². The van der Waals surface area contributed by atoms with Crippen molar-refractivity contribution in [1.82, 2.24) is 20.1 Å². The first-order chi connectivity index (χ1) is 16.9. The number of allylic oxidation sites excluding steroid dienone is 1. The molecule has 12 heteroatoms. The van der Waals surface area contributed by atoms with Gasteiger partial charge in [0, 0.05) is 17.1 Å². The van der Waals surface area contributed by atoms with E-state index in [-0.39, 0.29) is 11.7 Å². The van der Waals surface area contributed by atoms with Gasteiger partial charge in [0.15, 0.2) is 11.0 Å². The molecule has 3 rings (SSSR count). The molecule has 0 aliphatic heterocycles. The molecule has 3 aromatic rings. The monoisotopic (exact) mass is 535 g/mol. The highest BCUT2D eigenvalue weighted by atomic mass is 35.5. The Morgan fingerprint density at radius 1 is 1.23 bits per heavy atom. The first-order valence-corrected chi connectivity index (χ1v) is 12.1. The number of benzene rings is 2. The summed E-state index contributed by atoms with van der Waals surface area (Å²) < 4.78 is 6.78. The Hall–Kier alpha value is -3.05. The van der Waals surface area contributed by atoms with E-state index in [1.807, 2.05) is 0 Å². The predicted octanol–water partition coefficient (Wildman–Crippen LogP) is 3.97. The van der Waals surface area contributed by atoms with Crippen LogP contribution >= 0.6 is 35.0 Å². The normalized spacial score (nSPS) is 11.5. The van der Waals surface area contributed by atoms with Gasteiger partial charge in [0.1, 0.15) is 11.8 Å². The summed E-state index contributed by atoms with van der Waals surface area (Å²) in [4.78, 5) is 25.1. The molecule has 0 saturated heterocycles. The minimum atomic E-state index is -0.828.